The molecule has 4 nitrogen and oxygen atoms in total. The van der Waals surface area contributed by atoms with Crippen LogP contribution in [0, 0.1) is 5.95 Å². The predicted molar refractivity (Wildman–Crippen MR) is 62.7 cm³/mol. The van der Waals surface area contributed by atoms with Crippen molar-refractivity contribution in [1.29, 1.82) is 0 Å². The van der Waals surface area contributed by atoms with Gasteiger partial charge in [-0.3, -0.25) is 4.79 Å². The van der Waals surface area contributed by atoms with E-state index in [1.807, 2.05) is 27.7 Å². The van der Waals surface area contributed by atoms with Crippen LogP contribution in [-0.2, 0) is 9.31 Å². The van der Waals surface area contributed by atoms with Crippen LogP contribution in [0.2, 0.25) is 0 Å². The predicted octanol–water partition coefficient (Wildman–Crippen LogP) is 0.813. The summed E-state index contributed by atoms with van der Waals surface area (Å²) >= 11 is 0. The third-order valence-electron chi connectivity index (χ3n) is 3.44. The lowest BCUT2D eigenvalue weighted by molar-refractivity contribution is 0.00578. The Bertz CT molecular complexity index is 482. The number of pyridine rings is 1. The zero-order valence-electron chi connectivity index (χ0n) is 10.3. The van der Waals surface area contributed by atoms with Crippen LogP contribution in [0.5, 0.6) is 0 Å². The van der Waals surface area contributed by atoms with Gasteiger partial charge in [-0.05, 0) is 27.7 Å². The van der Waals surface area contributed by atoms with Gasteiger partial charge in [-0.25, -0.2) is 0 Å². The van der Waals surface area contributed by atoms with E-state index in [1.165, 1.54) is 12.3 Å². The Balaban J connectivity index is 2.43. The van der Waals surface area contributed by atoms with E-state index in [2.05, 4.69) is 4.98 Å². The highest BCUT2D eigenvalue weighted by molar-refractivity contribution is 6.62. The minimum Gasteiger partial charge on any atom is -0.399 e. The van der Waals surface area contributed by atoms with Gasteiger partial charge in [0, 0.05) is 12.3 Å². The summed E-state index contributed by atoms with van der Waals surface area (Å²) in [4.78, 5) is 14.0. The molecule has 0 unspecified atom stereocenters. The molecule has 0 aromatic carbocycles. The first-order valence-electron chi connectivity index (χ1n) is 5.47. The number of nitrogens with one attached hydrogen (secondary N) is 1. The van der Waals surface area contributed by atoms with Crippen LogP contribution in [0.3, 0.4) is 0 Å². The highest BCUT2D eigenvalue weighted by Gasteiger charge is 2.53. The van der Waals surface area contributed by atoms with Crippen LogP contribution < -0.4 is 10.9 Å². The zero-order chi connectivity index (χ0) is 12.8. The van der Waals surface area contributed by atoms with E-state index in [0.717, 1.165) is 0 Å². The molecule has 0 atom stereocenters. The molecule has 0 radical (unpaired) electrons. The molecule has 6 heteroatoms. The maximum absolute atomic E-state index is 13.6. The molecule has 1 aliphatic rings. The Hall–Kier alpha value is -1.14. The molecule has 0 saturated carbocycles. The third-order valence-corrected chi connectivity index (χ3v) is 3.44. The van der Waals surface area contributed by atoms with Gasteiger partial charge in [-0.1, -0.05) is 0 Å². The average Bonchev–Trinajstić information content (AvgIpc) is 2.35. The lowest BCUT2D eigenvalue weighted by Crippen LogP contribution is -2.46. The van der Waals surface area contributed by atoms with Crippen molar-refractivity contribution in [3.05, 3.63) is 28.4 Å². The maximum atomic E-state index is 13.6. The second-order valence-corrected chi connectivity index (χ2v) is 5.16. The number of halogens is 1. The number of hydrogen-bond donors (Lipinski definition) is 1. The van der Waals surface area contributed by atoms with Crippen LogP contribution in [0.1, 0.15) is 27.7 Å². The second kappa shape index (κ2) is 3.68. The normalized spacial score (nSPS) is 21.8. The molecule has 1 aromatic rings. The Morgan fingerprint density at radius 2 is 1.76 bits per heavy atom. The number of aromatic amines is 1. The minimum atomic E-state index is -0.968. The smallest absolute Gasteiger partial charge is 0.399 e. The molecule has 17 heavy (non-hydrogen) atoms. The fourth-order valence-electron chi connectivity index (χ4n) is 1.65. The number of rotatable bonds is 1. The Kier molecular flexibility index (Phi) is 2.67. The van der Waals surface area contributed by atoms with E-state index in [1.54, 1.807) is 0 Å². The molecule has 1 aliphatic heterocycles. The van der Waals surface area contributed by atoms with Gasteiger partial charge < -0.3 is 14.3 Å². The summed E-state index contributed by atoms with van der Waals surface area (Å²) in [6.45, 7) is 7.40. The van der Waals surface area contributed by atoms with E-state index in [-0.39, 0.29) is 5.46 Å². The summed E-state index contributed by atoms with van der Waals surface area (Å²) in [5.41, 5.74) is -1.72. The molecule has 0 aliphatic carbocycles. The van der Waals surface area contributed by atoms with Crippen LogP contribution in [0.25, 0.3) is 0 Å². The summed E-state index contributed by atoms with van der Waals surface area (Å²) in [6, 6.07) is 1.25. The van der Waals surface area contributed by atoms with E-state index in [4.69, 9.17) is 9.31 Å². The van der Waals surface area contributed by atoms with Gasteiger partial charge in [0.25, 0.3) is 0 Å². The second-order valence-electron chi connectivity index (χ2n) is 5.16. The van der Waals surface area contributed by atoms with Crippen molar-refractivity contribution < 1.29 is 13.7 Å². The number of aromatic nitrogens is 1. The number of hydrogen-bond acceptors (Lipinski definition) is 3. The summed E-state index contributed by atoms with van der Waals surface area (Å²) in [5.74, 6) is -0.712. The molecule has 1 N–H and O–H groups in total. The van der Waals surface area contributed by atoms with Crippen molar-refractivity contribution in [2.24, 2.45) is 0 Å². The highest BCUT2D eigenvalue weighted by atomic mass is 19.1. The van der Waals surface area contributed by atoms with E-state index >= 15 is 0 Å². The zero-order valence-corrected chi connectivity index (χ0v) is 10.3. The Morgan fingerprint density at radius 3 is 2.24 bits per heavy atom. The first-order valence-corrected chi connectivity index (χ1v) is 5.47. The lowest BCUT2D eigenvalue weighted by atomic mass is 9.79. The summed E-state index contributed by atoms with van der Waals surface area (Å²) in [7, 11) is -0.968. The number of H-pyrrole nitrogens is 1. The van der Waals surface area contributed by atoms with Crippen LogP contribution in [0.4, 0.5) is 4.39 Å². The molecular formula is C11H15BFNO3. The third kappa shape index (κ3) is 1.91. The van der Waals surface area contributed by atoms with Crippen molar-refractivity contribution in [2.45, 2.75) is 38.9 Å². The van der Waals surface area contributed by atoms with E-state index in [0.29, 0.717) is 0 Å². The molecule has 2 rings (SSSR count). The Labute approximate surface area is 99.3 Å². The largest absolute Gasteiger partial charge is 0.503 e. The van der Waals surface area contributed by atoms with Crippen LogP contribution in [-0.4, -0.2) is 23.3 Å². The summed E-state index contributed by atoms with van der Waals surface area (Å²) < 4.78 is 24.8. The standard InChI is InChI=1S/C11H15BFNO3/c1-10(2)11(3,4)17-12(16-10)8-7(15)5-6-14-9(8)13/h5-6H,1-4H3,(H,14,15). The van der Waals surface area contributed by atoms with Crippen molar-refractivity contribution in [2.75, 3.05) is 0 Å². The van der Waals surface area contributed by atoms with Crippen molar-refractivity contribution >= 4 is 12.6 Å². The molecule has 2 heterocycles. The maximum Gasteiger partial charge on any atom is 0.503 e. The van der Waals surface area contributed by atoms with Gasteiger partial charge in [-0.2, -0.15) is 4.39 Å². The minimum absolute atomic E-state index is 0.105. The molecule has 1 aromatic heterocycles. The van der Waals surface area contributed by atoms with Gasteiger partial charge in [0.15, 0.2) is 11.4 Å². The van der Waals surface area contributed by atoms with Gasteiger partial charge >= 0.3 is 7.12 Å². The first kappa shape index (κ1) is 12.3. The van der Waals surface area contributed by atoms with Gasteiger partial charge in [0.2, 0.25) is 0 Å². The lowest BCUT2D eigenvalue weighted by Gasteiger charge is -2.32. The van der Waals surface area contributed by atoms with Crippen molar-refractivity contribution in [1.82, 2.24) is 4.98 Å². The van der Waals surface area contributed by atoms with E-state index in [9.17, 15) is 9.18 Å². The fraction of sp³-hybridized carbons (Fsp3) is 0.545. The fourth-order valence-corrected chi connectivity index (χ4v) is 1.65. The summed E-state index contributed by atoms with van der Waals surface area (Å²) in [5, 5.41) is 0. The molecule has 1 saturated heterocycles. The van der Waals surface area contributed by atoms with Gasteiger partial charge in [0.1, 0.15) is 0 Å². The van der Waals surface area contributed by atoms with Gasteiger partial charge in [-0.15, -0.1) is 0 Å². The van der Waals surface area contributed by atoms with Crippen LogP contribution >= 0.6 is 0 Å². The van der Waals surface area contributed by atoms with Crippen LogP contribution in [0.15, 0.2) is 17.1 Å². The molecule has 0 amide bonds. The monoisotopic (exact) mass is 239 g/mol. The van der Waals surface area contributed by atoms with Crippen molar-refractivity contribution in [3.8, 4) is 0 Å². The average molecular weight is 239 g/mol. The van der Waals surface area contributed by atoms with Crippen molar-refractivity contribution in [3.63, 3.8) is 0 Å². The molecule has 92 valence electrons. The quantitative estimate of drug-likeness (QED) is 0.582. The molecule has 0 spiro atoms. The molecule has 0 bridgehead atoms. The summed E-state index contributed by atoms with van der Waals surface area (Å²) in [6.07, 6.45) is 1.26. The topological polar surface area (TPSA) is 51.3 Å². The Morgan fingerprint density at radius 1 is 1.24 bits per heavy atom. The first-order chi connectivity index (χ1) is 7.74. The van der Waals surface area contributed by atoms with Gasteiger partial charge in [0.05, 0.1) is 16.7 Å². The van der Waals surface area contributed by atoms with E-state index < -0.39 is 29.7 Å². The SMILES string of the molecule is CC1(C)OB(c2c(F)[nH]ccc2=O)OC1(C)C. The molecular weight excluding hydrogens is 224 g/mol. The molecule has 1 fully saturated rings. The highest BCUT2D eigenvalue weighted by Crippen LogP contribution is 2.36.